The summed E-state index contributed by atoms with van der Waals surface area (Å²) < 4.78 is 5.26. The van der Waals surface area contributed by atoms with Gasteiger partial charge in [0.05, 0.1) is 0 Å². The van der Waals surface area contributed by atoms with E-state index >= 15 is 0 Å². The zero-order chi connectivity index (χ0) is 21.1. The number of ether oxygens (including phenoxy) is 1. The molecule has 0 saturated carbocycles. The lowest BCUT2D eigenvalue weighted by molar-refractivity contribution is -0.138. The van der Waals surface area contributed by atoms with Crippen molar-refractivity contribution in [3.05, 3.63) is 29.8 Å². The van der Waals surface area contributed by atoms with Crippen molar-refractivity contribution in [1.29, 1.82) is 0 Å². The summed E-state index contributed by atoms with van der Waals surface area (Å²) in [4.78, 5) is 38.9. The smallest absolute Gasteiger partial charge is 0.408 e. The van der Waals surface area contributed by atoms with Crippen molar-refractivity contribution in [3.63, 3.8) is 0 Å². The van der Waals surface area contributed by atoms with Gasteiger partial charge in [0.15, 0.2) is 0 Å². The van der Waals surface area contributed by atoms with Gasteiger partial charge in [-0.3, -0.25) is 9.59 Å². The molecule has 1 aromatic rings. The van der Waals surface area contributed by atoms with Crippen molar-refractivity contribution >= 4 is 23.6 Å². The second kappa shape index (κ2) is 8.20. The van der Waals surface area contributed by atoms with Crippen LogP contribution in [0.5, 0.6) is 0 Å². The van der Waals surface area contributed by atoms with E-state index in [2.05, 4.69) is 10.6 Å². The van der Waals surface area contributed by atoms with Crippen LogP contribution < -0.4 is 10.6 Å². The van der Waals surface area contributed by atoms with E-state index in [1.165, 1.54) is 4.90 Å². The van der Waals surface area contributed by atoms with Crippen LogP contribution in [0.3, 0.4) is 0 Å². The number of alkyl carbamates (subject to hydrolysis) is 1. The number of hydrogen-bond acceptors (Lipinski definition) is 4. The molecular formula is C21H31N3O4. The van der Waals surface area contributed by atoms with E-state index in [0.717, 1.165) is 11.3 Å². The molecular weight excluding hydrogens is 358 g/mol. The third-order valence-electron chi connectivity index (χ3n) is 4.56. The average molecular weight is 389 g/mol. The van der Waals surface area contributed by atoms with Crippen LogP contribution in [0.25, 0.3) is 0 Å². The molecule has 7 heteroatoms. The average Bonchev–Trinajstić information content (AvgIpc) is 2.69. The van der Waals surface area contributed by atoms with Crippen LogP contribution in [0.1, 0.15) is 53.0 Å². The standard InChI is InChI=1S/C21H31N3O4/c1-20(2,3)28-19(27)23-21(4,5)13-17(25)24(6)16-12-11-14-9-7-8-10-15(14)22-18(16)26/h7-10,16H,11-13H2,1-6H3,(H,22,26)(H,23,27)/t16-/m1/s1. The predicted octanol–water partition coefficient (Wildman–Crippen LogP) is 3.09. The Morgan fingerprint density at radius 3 is 2.50 bits per heavy atom. The number of benzene rings is 1. The molecule has 3 amide bonds. The number of para-hydroxylation sites is 1. The second-order valence-electron chi connectivity index (χ2n) is 8.89. The van der Waals surface area contributed by atoms with Crippen LogP contribution in [0.4, 0.5) is 10.5 Å². The molecule has 154 valence electrons. The molecule has 28 heavy (non-hydrogen) atoms. The first-order valence-electron chi connectivity index (χ1n) is 9.53. The molecule has 1 aromatic carbocycles. The molecule has 0 unspecified atom stereocenters. The third-order valence-corrected chi connectivity index (χ3v) is 4.56. The molecule has 0 radical (unpaired) electrons. The van der Waals surface area contributed by atoms with Crippen LogP contribution in [0, 0.1) is 0 Å². The molecule has 0 aliphatic carbocycles. The predicted molar refractivity (Wildman–Crippen MR) is 108 cm³/mol. The molecule has 2 rings (SSSR count). The number of carbonyl (C=O) groups is 3. The Morgan fingerprint density at radius 1 is 1.21 bits per heavy atom. The molecule has 2 N–H and O–H groups in total. The zero-order valence-electron chi connectivity index (χ0n) is 17.6. The van der Waals surface area contributed by atoms with E-state index in [9.17, 15) is 14.4 Å². The zero-order valence-corrected chi connectivity index (χ0v) is 17.6. The maximum Gasteiger partial charge on any atom is 0.408 e. The summed E-state index contributed by atoms with van der Waals surface area (Å²) >= 11 is 0. The summed E-state index contributed by atoms with van der Waals surface area (Å²) in [5, 5.41) is 5.64. The normalized spacial score (nSPS) is 17.1. The number of hydrogen-bond donors (Lipinski definition) is 2. The lowest BCUT2D eigenvalue weighted by Crippen LogP contribution is -2.51. The highest BCUT2D eigenvalue weighted by Crippen LogP contribution is 2.24. The molecule has 1 aliphatic rings. The van der Waals surface area contributed by atoms with Crippen molar-refractivity contribution in [3.8, 4) is 0 Å². The summed E-state index contributed by atoms with van der Waals surface area (Å²) in [6.45, 7) is 8.85. The van der Waals surface area contributed by atoms with E-state index in [1.807, 2.05) is 24.3 Å². The first kappa shape index (κ1) is 21.7. The van der Waals surface area contributed by atoms with Gasteiger partial charge >= 0.3 is 6.09 Å². The molecule has 0 fully saturated rings. The van der Waals surface area contributed by atoms with Gasteiger partial charge in [-0.05, 0) is 59.1 Å². The number of likely N-dealkylation sites (N-methyl/N-ethyl adjacent to an activating group) is 1. The van der Waals surface area contributed by atoms with E-state index in [4.69, 9.17) is 4.74 Å². The Morgan fingerprint density at radius 2 is 1.86 bits per heavy atom. The number of nitrogens with zero attached hydrogens (tertiary/aromatic N) is 1. The van der Waals surface area contributed by atoms with Crippen molar-refractivity contribution in [2.75, 3.05) is 12.4 Å². The van der Waals surface area contributed by atoms with Gasteiger partial charge in [-0.2, -0.15) is 0 Å². The summed E-state index contributed by atoms with van der Waals surface area (Å²) in [7, 11) is 1.63. The first-order valence-corrected chi connectivity index (χ1v) is 9.53. The molecule has 7 nitrogen and oxygen atoms in total. The summed E-state index contributed by atoms with van der Waals surface area (Å²) in [5.41, 5.74) is 0.431. The Balaban J connectivity index is 2.00. The van der Waals surface area contributed by atoms with E-state index < -0.39 is 23.3 Å². The molecule has 0 saturated heterocycles. The fraction of sp³-hybridized carbons (Fsp3) is 0.571. The molecule has 1 atom stereocenters. The summed E-state index contributed by atoms with van der Waals surface area (Å²) in [5.74, 6) is -0.411. The van der Waals surface area contributed by atoms with Crippen molar-refractivity contribution in [1.82, 2.24) is 10.2 Å². The minimum atomic E-state index is -0.808. The maximum absolute atomic E-state index is 12.8. The number of fused-ring (bicyclic) bond motifs is 1. The molecule has 1 aliphatic heterocycles. The van der Waals surface area contributed by atoms with Gasteiger partial charge in [0.2, 0.25) is 11.8 Å². The largest absolute Gasteiger partial charge is 0.444 e. The van der Waals surface area contributed by atoms with Crippen LogP contribution in [0.2, 0.25) is 0 Å². The van der Waals surface area contributed by atoms with Crippen LogP contribution in [-0.4, -0.2) is 47.0 Å². The number of nitrogens with one attached hydrogen (secondary N) is 2. The quantitative estimate of drug-likeness (QED) is 0.828. The van der Waals surface area contributed by atoms with E-state index in [0.29, 0.717) is 12.8 Å². The van der Waals surface area contributed by atoms with Crippen molar-refractivity contribution in [2.45, 2.75) is 71.1 Å². The molecule has 0 spiro atoms. The summed E-state index contributed by atoms with van der Waals surface area (Å²) in [6.07, 6.45) is 0.733. The molecule has 0 aromatic heterocycles. The lowest BCUT2D eigenvalue weighted by Gasteiger charge is -2.32. The second-order valence-corrected chi connectivity index (χ2v) is 8.89. The highest BCUT2D eigenvalue weighted by molar-refractivity contribution is 5.98. The summed E-state index contributed by atoms with van der Waals surface area (Å²) in [6, 6.07) is 7.10. The Labute approximate surface area is 166 Å². The number of carbonyl (C=O) groups excluding carboxylic acids is 3. The highest BCUT2D eigenvalue weighted by Gasteiger charge is 2.33. The van der Waals surface area contributed by atoms with Crippen LogP contribution in [0.15, 0.2) is 24.3 Å². The highest BCUT2D eigenvalue weighted by atomic mass is 16.6. The van der Waals surface area contributed by atoms with Gasteiger partial charge in [0.25, 0.3) is 0 Å². The van der Waals surface area contributed by atoms with Crippen molar-refractivity contribution < 1.29 is 19.1 Å². The number of anilines is 1. The number of amides is 3. The Kier molecular flexibility index (Phi) is 6.37. The maximum atomic E-state index is 12.8. The Hall–Kier alpha value is -2.57. The number of aryl methyl sites for hydroxylation is 1. The van der Waals surface area contributed by atoms with Gasteiger partial charge in [-0.1, -0.05) is 18.2 Å². The van der Waals surface area contributed by atoms with Gasteiger partial charge < -0.3 is 20.3 Å². The monoisotopic (exact) mass is 389 g/mol. The fourth-order valence-electron chi connectivity index (χ4n) is 3.17. The molecule has 0 bridgehead atoms. The van der Waals surface area contributed by atoms with Gasteiger partial charge in [0, 0.05) is 24.7 Å². The third kappa shape index (κ3) is 5.97. The van der Waals surface area contributed by atoms with Gasteiger partial charge in [0.1, 0.15) is 11.6 Å². The van der Waals surface area contributed by atoms with E-state index in [-0.39, 0.29) is 18.2 Å². The fourth-order valence-corrected chi connectivity index (χ4v) is 3.17. The topological polar surface area (TPSA) is 87.7 Å². The number of rotatable bonds is 4. The van der Waals surface area contributed by atoms with Crippen LogP contribution >= 0.6 is 0 Å². The van der Waals surface area contributed by atoms with Gasteiger partial charge in [-0.15, -0.1) is 0 Å². The Bertz CT molecular complexity index is 752. The minimum Gasteiger partial charge on any atom is -0.444 e. The minimum absolute atomic E-state index is 0.0550. The van der Waals surface area contributed by atoms with Crippen molar-refractivity contribution in [2.24, 2.45) is 0 Å². The lowest BCUT2D eigenvalue weighted by atomic mass is 9.98. The van der Waals surface area contributed by atoms with Crippen LogP contribution in [-0.2, 0) is 20.7 Å². The SMILES string of the molecule is CN(C(=O)CC(C)(C)NC(=O)OC(C)(C)C)[C@@H]1CCc2ccccc2NC1=O. The van der Waals surface area contributed by atoms with E-state index in [1.54, 1.807) is 41.7 Å². The molecule has 1 heterocycles. The van der Waals surface area contributed by atoms with Gasteiger partial charge in [-0.25, -0.2) is 4.79 Å². The first-order chi connectivity index (χ1) is 12.9.